The molecule has 0 bridgehead atoms. The number of hydrogen-bond acceptors (Lipinski definition) is 6. The average Bonchev–Trinajstić information content (AvgIpc) is 3.26. The number of carbonyl (C=O) groups is 2. The van der Waals surface area contributed by atoms with Crippen LogP contribution in [0.15, 0.2) is 53.8 Å². The fraction of sp³-hybridized carbons (Fsp3) is 0.469. The Balaban J connectivity index is 1.82. The van der Waals surface area contributed by atoms with Crippen LogP contribution in [-0.2, 0) is 12.8 Å². The van der Waals surface area contributed by atoms with E-state index in [2.05, 4.69) is 57.2 Å². The second kappa shape index (κ2) is 12.9. The zero-order valence-corrected chi connectivity index (χ0v) is 25.9. The van der Waals surface area contributed by atoms with Gasteiger partial charge in [-0.1, -0.05) is 31.2 Å². The number of hydrazine groups is 1. The summed E-state index contributed by atoms with van der Waals surface area (Å²) in [5.41, 5.74) is 10.7. The highest BCUT2D eigenvalue weighted by Crippen LogP contribution is 2.24. The SMILES string of the molecule is CCc1cc2cc(C(=O)N(CC)C/C(N)=N/N(C)N)ccn2c1C(=O)c1ccc(CCC(C)(C)NC(C)(C)C)cc1. The molecule has 2 heterocycles. The minimum absolute atomic E-state index is 0.00336. The summed E-state index contributed by atoms with van der Waals surface area (Å²) in [6.07, 6.45) is 4.40. The van der Waals surface area contributed by atoms with Crippen molar-refractivity contribution < 1.29 is 9.59 Å². The smallest absolute Gasteiger partial charge is 0.254 e. The van der Waals surface area contributed by atoms with E-state index in [1.54, 1.807) is 24.2 Å². The number of amidine groups is 1. The second-order valence-corrected chi connectivity index (χ2v) is 12.4. The Morgan fingerprint density at radius 1 is 1.00 bits per heavy atom. The summed E-state index contributed by atoms with van der Waals surface area (Å²) in [5, 5.41) is 8.77. The highest BCUT2D eigenvalue weighted by molar-refractivity contribution is 6.10. The normalized spacial score (nSPS) is 12.6. The molecule has 5 N–H and O–H groups in total. The van der Waals surface area contributed by atoms with Crippen LogP contribution in [0, 0.1) is 0 Å². The molecule has 1 aromatic carbocycles. The predicted molar refractivity (Wildman–Crippen MR) is 167 cm³/mol. The lowest BCUT2D eigenvalue weighted by Gasteiger charge is -2.35. The Hall–Kier alpha value is -3.69. The Morgan fingerprint density at radius 3 is 2.22 bits per heavy atom. The van der Waals surface area contributed by atoms with Gasteiger partial charge in [0, 0.05) is 47.5 Å². The van der Waals surface area contributed by atoms with Crippen LogP contribution in [0.2, 0.25) is 0 Å². The number of aryl methyl sites for hydroxylation is 2. The van der Waals surface area contributed by atoms with Gasteiger partial charge in [0.05, 0.1) is 12.2 Å². The predicted octanol–water partition coefficient (Wildman–Crippen LogP) is 4.37. The molecule has 0 aliphatic heterocycles. The Labute approximate surface area is 244 Å². The van der Waals surface area contributed by atoms with Gasteiger partial charge in [-0.25, -0.2) is 11.0 Å². The van der Waals surface area contributed by atoms with Gasteiger partial charge >= 0.3 is 0 Å². The number of carbonyl (C=O) groups excluding carboxylic acids is 2. The lowest BCUT2D eigenvalue weighted by atomic mass is 9.91. The van der Waals surface area contributed by atoms with E-state index < -0.39 is 0 Å². The molecule has 0 aliphatic carbocycles. The number of benzene rings is 1. The van der Waals surface area contributed by atoms with Crippen molar-refractivity contribution in [3.63, 3.8) is 0 Å². The Morgan fingerprint density at radius 2 is 1.66 bits per heavy atom. The van der Waals surface area contributed by atoms with Crippen molar-refractivity contribution in [2.45, 2.75) is 78.8 Å². The zero-order chi connectivity index (χ0) is 30.5. The maximum absolute atomic E-state index is 13.7. The van der Waals surface area contributed by atoms with E-state index in [-0.39, 0.29) is 35.1 Å². The standard InChI is InChI=1S/C32H47N7O2/c1-9-23-19-26-20-25(30(41)38(10-2)21-27(33)35-37(8)34)16-18-39(26)28(23)29(40)24-13-11-22(12-14-24)15-17-32(6,7)36-31(3,4)5/h11-14,16,18-20,36H,9-10,15,17,21,34H2,1-8H3,(H2,33,35). The number of nitrogens with one attached hydrogen (secondary N) is 1. The average molecular weight is 562 g/mol. The summed E-state index contributed by atoms with van der Waals surface area (Å²) in [4.78, 5) is 28.6. The minimum Gasteiger partial charge on any atom is -0.384 e. The van der Waals surface area contributed by atoms with Gasteiger partial charge in [0.2, 0.25) is 5.78 Å². The third kappa shape index (κ3) is 8.41. The molecule has 0 aliphatic rings. The number of hydrazone groups is 1. The second-order valence-electron chi connectivity index (χ2n) is 12.4. The molecule has 0 fully saturated rings. The van der Waals surface area contributed by atoms with Crippen molar-refractivity contribution in [3.8, 4) is 0 Å². The highest BCUT2D eigenvalue weighted by Gasteiger charge is 2.24. The Kier molecular flexibility index (Phi) is 9.99. The number of amides is 1. The fourth-order valence-electron chi connectivity index (χ4n) is 5.33. The monoisotopic (exact) mass is 561 g/mol. The summed E-state index contributed by atoms with van der Waals surface area (Å²) < 4.78 is 1.88. The molecule has 222 valence electrons. The van der Waals surface area contributed by atoms with Gasteiger partial charge in [-0.05, 0) is 90.1 Å². The first kappa shape index (κ1) is 31.8. The highest BCUT2D eigenvalue weighted by atomic mass is 16.2. The van der Waals surface area contributed by atoms with Crippen LogP contribution in [0.5, 0.6) is 0 Å². The maximum Gasteiger partial charge on any atom is 0.254 e. The molecule has 3 aromatic rings. The van der Waals surface area contributed by atoms with E-state index >= 15 is 0 Å². The number of likely N-dealkylation sites (N-methyl/N-ethyl adjacent to an activating group) is 1. The lowest BCUT2D eigenvalue weighted by Crippen LogP contribution is -2.50. The molecule has 2 aromatic heterocycles. The lowest BCUT2D eigenvalue weighted by molar-refractivity contribution is 0.0786. The number of ketones is 1. The third-order valence-electron chi connectivity index (χ3n) is 6.97. The number of aromatic nitrogens is 1. The van der Waals surface area contributed by atoms with Crippen LogP contribution >= 0.6 is 0 Å². The molecular formula is C32H47N7O2. The molecule has 0 saturated heterocycles. The summed E-state index contributed by atoms with van der Waals surface area (Å²) in [7, 11) is 1.57. The first-order valence-corrected chi connectivity index (χ1v) is 14.3. The first-order chi connectivity index (χ1) is 19.1. The van der Waals surface area contributed by atoms with E-state index in [4.69, 9.17) is 11.6 Å². The van der Waals surface area contributed by atoms with Crippen molar-refractivity contribution in [1.82, 2.24) is 19.7 Å². The number of rotatable bonds is 12. The van der Waals surface area contributed by atoms with E-state index in [9.17, 15) is 9.59 Å². The quantitative estimate of drug-likeness (QED) is 0.0993. The van der Waals surface area contributed by atoms with Crippen LogP contribution in [0.4, 0.5) is 0 Å². The number of nitrogens with zero attached hydrogens (tertiary/aromatic N) is 4. The van der Waals surface area contributed by atoms with Crippen molar-refractivity contribution in [2.75, 3.05) is 20.1 Å². The van der Waals surface area contributed by atoms with Crippen molar-refractivity contribution in [3.05, 3.63) is 76.6 Å². The van der Waals surface area contributed by atoms with Gasteiger partial charge in [0.25, 0.3) is 5.91 Å². The maximum atomic E-state index is 13.7. The fourth-order valence-corrected chi connectivity index (χ4v) is 5.33. The molecule has 9 nitrogen and oxygen atoms in total. The molecule has 0 saturated carbocycles. The topological polar surface area (TPSA) is 121 Å². The molecule has 3 rings (SSSR count). The van der Waals surface area contributed by atoms with E-state index in [0.29, 0.717) is 29.8 Å². The summed E-state index contributed by atoms with van der Waals surface area (Å²) in [5.74, 6) is 5.58. The number of fused-ring (bicyclic) bond motifs is 1. The molecule has 9 heteroatoms. The number of nitrogens with two attached hydrogens (primary N) is 2. The van der Waals surface area contributed by atoms with Crippen LogP contribution < -0.4 is 16.9 Å². The van der Waals surface area contributed by atoms with Crippen LogP contribution in [0.25, 0.3) is 5.52 Å². The summed E-state index contributed by atoms with van der Waals surface area (Å²) >= 11 is 0. The van der Waals surface area contributed by atoms with Crippen molar-refractivity contribution >= 4 is 23.0 Å². The molecule has 1 amide bonds. The van der Waals surface area contributed by atoms with Crippen LogP contribution in [0.3, 0.4) is 0 Å². The summed E-state index contributed by atoms with van der Waals surface area (Å²) in [6.45, 7) is 15.5. The number of hydrogen-bond donors (Lipinski definition) is 3. The number of pyridine rings is 1. The first-order valence-electron chi connectivity index (χ1n) is 14.3. The molecule has 0 spiro atoms. The molecule has 0 atom stereocenters. The molecule has 0 radical (unpaired) electrons. The van der Waals surface area contributed by atoms with Crippen LogP contribution in [0.1, 0.15) is 92.4 Å². The minimum atomic E-state index is -0.170. The third-order valence-corrected chi connectivity index (χ3v) is 6.97. The van der Waals surface area contributed by atoms with Gasteiger partial charge in [-0.3, -0.25) is 9.59 Å². The van der Waals surface area contributed by atoms with Gasteiger partial charge in [0.1, 0.15) is 5.84 Å². The van der Waals surface area contributed by atoms with Gasteiger partial charge in [-0.2, -0.15) is 0 Å². The zero-order valence-electron chi connectivity index (χ0n) is 25.9. The molecular weight excluding hydrogens is 514 g/mol. The summed E-state index contributed by atoms with van der Waals surface area (Å²) in [6, 6.07) is 13.5. The largest absolute Gasteiger partial charge is 0.384 e. The van der Waals surface area contributed by atoms with E-state index in [1.807, 2.05) is 42.5 Å². The molecule has 41 heavy (non-hydrogen) atoms. The van der Waals surface area contributed by atoms with Crippen molar-refractivity contribution in [1.29, 1.82) is 0 Å². The van der Waals surface area contributed by atoms with Crippen molar-refractivity contribution in [2.24, 2.45) is 16.7 Å². The van der Waals surface area contributed by atoms with E-state index in [0.717, 1.165) is 29.0 Å². The van der Waals surface area contributed by atoms with Gasteiger partial charge in [-0.15, -0.1) is 5.10 Å². The van der Waals surface area contributed by atoms with Gasteiger partial charge < -0.3 is 20.4 Å². The molecule has 0 unspecified atom stereocenters. The van der Waals surface area contributed by atoms with E-state index in [1.165, 1.54) is 5.56 Å². The Bertz CT molecular complexity index is 1400. The van der Waals surface area contributed by atoms with Gasteiger partial charge in [0.15, 0.2) is 0 Å². The van der Waals surface area contributed by atoms with Crippen LogP contribution in [-0.4, -0.2) is 63.2 Å².